The van der Waals surface area contributed by atoms with E-state index < -0.39 is 0 Å². The average Bonchev–Trinajstić information content (AvgIpc) is 2.44. The molecule has 0 amide bonds. The van der Waals surface area contributed by atoms with Crippen molar-refractivity contribution >= 4 is 49.7 Å². The van der Waals surface area contributed by atoms with E-state index >= 15 is 0 Å². The molecule has 0 unspecified atom stereocenters. The molecule has 0 saturated heterocycles. The summed E-state index contributed by atoms with van der Waals surface area (Å²) in [6.45, 7) is 4.04. The van der Waals surface area contributed by atoms with Crippen molar-refractivity contribution in [3.05, 3.63) is 24.0 Å². The molecule has 4 N–H and O–H groups in total. The molecule has 1 heterocycles. The number of aromatic nitrogens is 2. The van der Waals surface area contributed by atoms with Gasteiger partial charge in [-0.3, -0.25) is 0 Å². The Kier molecular flexibility index (Phi) is 8.50. The summed E-state index contributed by atoms with van der Waals surface area (Å²) in [5, 5.41) is 13.2. The number of nitrogens with zero attached hydrogens (tertiary/aromatic N) is 2. The minimum absolute atomic E-state index is 0. The smallest absolute Gasteiger partial charge is 0.222 e. The normalized spacial score (nSPS) is 12.9. The Morgan fingerprint density at radius 1 is 1.32 bits per heavy atom. The van der Waals surface area contributed by atoms with Crippen LogP contribution in [0.15, 0.2) is 18.2 Å². The molecule has 22 heavy (non-hydrogen) atoms. The van der Waals surface area contributed by atoms with Crippen molar-refractivity contribution in [2.45, 2.75) is 26.3 Å². The highest BCUT2D eigenvalue weighted by Gasteiger charge is 2.17. The summed E-state index contributed by atoms with van der Waals surface area (Å²) in [4.78, 5) is 8.20. The molecule has 0 saturated carbocycles. The number of hydrogen-bond donors (Lipinski definition) is 3. The molecule has 2 rings (SSSR count). The summed E-state index contributed by atoms with van der Waals surface area (Å²) in [7, 11) is 0. The fourth-order valence-corrected chi connectivity index (χ4v) is 2.06. The van der Waals surface area contributed by atoms with Gasteiger partial charge in [0, 0.05) is 5.39 Å². The van der Waals surface area contributed by atoms with Gasteiger partial charge in [0.15, 0.2) is 0 Å². The molecule has 0 spiro atoms. The second-order valence-corrected chi connectivity index (χ2v) is 4.91. The molecule has 0 aliphatic rings. The topological polar surface area (TPSA) is 84.1 Å². The summed E-state index contributed by atoms with van der Waals surface area (Å²) in [5.41, 5.74) is 6.24. The first kappa shape index (κ1) is 20.8. The fraction of sp³-hybridized carbons (Fsp3) is 0.429. The van der Waals surface area contributed by atoms with E-state index in [0.29, 0.717) is 16.7 Å². The van der Waals surface area contributed by atoms with Crippen LogP contribution in [-0.4, -0.2) is 27.7 Å². The molecule has 124 valence electrons. The van der Waals surface area contributed by atoms with Gasteiger partial charge in [-0.25, -0.2) is 9.37 Å². The number of benzene rings is 1. The van der Waals surface area contributed by atoms with Gasteiger partial charge in [-0.15, -0.1) is 0 Å². The summed E-state index contributed by atoms with van der Waals surface area (Å²) in [6.07, 6.45) is 0.908. The number of aliphatic hydroxyl groups excluding tert-OH is 1. The Bertz CT molecular complexity index is 615. The molecular formula is C14H23FN4OS2. The van der Waals surface area contributed by atoms with E-state index in [4.69, 9.17) is 5.73 Å². The fourth-order valence-electron chi connectivity index (χ4n) is 2.06. The number of rotatable bonds is 5. The first-order chi connectivity index (χ1) is 9.55. The van der Waals surface area contributed by atoms with Crippen molar-refractivity contribution in [1.82, 2.24) is 9.97 Å². The van der Waals surface area contributed by atoms with Crippen LogP contribution in [0.1, 0.15) is 20.3 Å². The van der Waals surface area contributed by atoms with Gasteiger partial charge < -0.3 is 16.2 Å². The molecule has 0 aliphatic heterocycles. The van der Waals surface area contributed by atoms with Crippen LogP contribution in [-0.2, 0) is 0 Å². The van der Waals surface area contributed by atoms with Crippen LogP contribution in [0, 0.1) is 11.7 Å². The molecule has 2 aromatic rings. The predicted octanol–water partition coefficient (Wildman–Crippen LogP) is 2.40. The molecule has 0 aliphatic carbocycles. The second kappa shape index (κ2) is 9.02. The molecule has 5 nitrogen and oxygen atoms in total. The van der Waals surface area contributed by atoms with Crippen LogP contribution in [0.5, 0.6) is 0 Å². The molecule has 0 radical (unpaired) electrons. The van der Waals surface area contributed by atoms with E-state index in [1.54, 1.807) is 6.07 Å². The number of hydrogen-bond acceptors (Lipinski definition) is 5. The lowest BCUT2D eigenvalue weighted by atomic mass is 10.00. The maximum atomic E-state index is 13.4. The highest BCUT2D eigenvalue weighted by molar-refractivity contribution is 7.59. The Labute approximate surface area is 143 Å². The lowest BCUT2D eigenvalue weighted by Crippen LogP contribution is -2.31. The quantitative estimate of drug-likeness (QED) is 0.774. The minimum atomic E-state index is -0.363. The Morgan fingerprint density at radius 2 is 2.00 bits per heavy atom. The summed E-state index contributed by atoms with van der Waals surface area (Å²) in [5.74, 6) is 0.455. The van der Waals surface area contributed by atoms with Gasteiger partial charge in [0.05, 0.1) is 18.2 Å². The van der Waals surface area contributed by atoms with Crippen LogP contribution >= 0.6 is 27.0 Å². The van der Waals surface area contributed by atoms with Crippen LogP contribution in [0.3, 0.4) is 0 Å². The van der Waals surface area contributed by atoms with Gasteiger partial charge >= 0.3 is 0 Å². The maximum absolute atomic E-state index is 13.4. The third-order valence-electron chi connectivity index (χ3n) is 3.52. The molecule has 8 heteroatoms. The van der Waals surface area contributed by atoms with Crippen LogP contribution in [0.2, 0.25) is 0 Å². The van der Waals surface area contributed by atoms with Crippen molar-refractivity contribution < 1.29 is 9.50 Å². The van der Waals surface area contributed by atoms with E-state index in [9.17, 15) is 9.50 Å². The zero-order chi connectivity index (χ0) is 14.7. The molecular weight excluding hydrogens is 323 g/mol. The van der Waals surface area contributed by atoms with Crippen molar-refractivity contribution in [2.75, 3.05) is 17.7 Å². The lowest BCUT2D eigenvalue weighted by Gasteiger charge is -2.23. The van der Waals surface area contributed by atoms with E-state index in [2.05, 4.69) is 15.3 Å². The Morgan fingerprint density at radius 3 is 2.59 bits per heavy atom. The largest absolute Gasteiger partial charge is 0.394 e. The lowest BCUT2D eigenvalue weighted by molar-refractivity contribution is 0.241. The third-order valence-corrected chi connectivity index (χ3v) is 3.52. The first-order valence-corrected chi connectivity index (χ1v) is 6.65. The number of nitrogens with one attached hydrogen (secondary N) is 1. The third kappa shape index (κ3) is 4.62. The number of nitrogens with two attached hydrogens (primary N) is 1. The van der Waals surface area contributed by atoms with E-state index in [1.165, 1.54) is 12.1 Å². The summed E-state index contributed by atoms with van der Waals surface area (Å²) < 4.78 is 13.4. The van der Waals surface area contributed by atoms with Crippen LogP contribution < -0.4 is 11.1 Å². The highest BCUT2D eigenvalue weighted by Crippen LogP contribution is 2.24. The predicted molar refractivity (Wildman–Crippen MR) is 98.6 cm³/mol. The summed E-state index contributed by atoms with van der Waals surface area (Å²) in [6, 6.07) is 4.09. The zero-order valence-corrected chi connectivity index (χ0v) is 14.6. The van der Waals surface area contributed by atoms with Crippen molar-refractivity contribution in [2.24, 2.45) is 5.92 Å². The van der Waals surface area contributed by atoms with Gasteiger partial charge in [0.2, 0.25) is 5.95 Å². The highest BCUT2D eigenvalue weighted by atomic mass is 32.1. The van der Waals surface area contributed by atoms with E-state index in [1.807, 2.05) is 13.8 Å². The van der Waals surface area contributed by atoms with Gasteiger partial charge in [-0.2, -0.15) is 32.0 Å². The molecule has 1 aromatic heterocycles. The van der Waals surface area contributed by atoms with E-state index in [-0.39, 0.29) is 57.3 Å². The SMILES string of the molecule is CC[C@H](C)[C@@H](CO)Nc1nc(N)nc2ccc(F)cc12.S.S. The van der Waals surface area contributed by atoms with Crippen LogP contribution in [0.25, 0.3) is 10.9 Å². The molecule has 0 bridgehead atoms. The van der Waals surface area contributed by atoms with Crippen LogP contribution in [0.4, 0.5) is 16.2 Å². The first-order valence-electron chi connectivity index (χ1n) is 6.65. The number of anilines is 2. The average molecular weight is 346 g/mol. The number of fused-ring (bicyclic) bond motifs is 1. The standard InChI is InChI=1S/C14H19FN4O.2H2S/c1-3-8(2)12(7-20)17-13-10-6-9(15)4-5-11(10)18-14(16)19-13;;/h4-6,8,12,20H,3,7H2,1-2H3,(H3,16,17,18,19);2*1H2/t8-,12+;;/m0../s1. The van der Waals surface area contributed by atoms with Crippen molar-refractivity contribution in [3.63, 3.8) is 0 Å². The monoisotopic (exact) mass is 346 g/mol. The van der Waals surface area contributed by atoms with Gasteiger partial charge in [0.1, 0.15) is 11.6 Å². The van der Waals surface area contributed by atoms with Gasteiger partial charge in [-0.05, 0) is 24.1 Å². The zero-order valence-electron chi connectivity index (χ0n) is 12.6. The number of halogens is 1. The second-order valence-electron chi connectivity index (χ2n) is 4.91. The Hall–Kier alpha value is -1.25. The minimum Gasteiger partial charge on any atom is -0.394 e. The molecule has 0 fully saturated rings. The molecule has 1 aromatic carbocycles. The molecule has 2 atom stereocenters. The maximum Gasteiger partial charge on any atom is 0.222 e. The van der Waals surface area contributed by atoms with Gasteiger partial charge in [0.25, 0.3) is 0 Å². The van der Waals surface area contributed by atoms with Crippen molar-refractivity contribution in [1.29, 1.82) is 0 Å². The number of nitrogen functional groups attached to an aromatic ring is 1. The number of aliphatic hydroxyl groups is 1. The summed E-state index contributed by atoms with van der Waals surface area (Å²) >= 11 is 0. The van der Waals surface area contributed by atoms with Crippen molar-refractivity contribution in [3.8, 4) is 0 Å². The van der Waals surface area contributed by atoms with Gasteiger partial charge in [-0.1, -0.05) is 20.3 Å². The van der Waals surface area contributed by atoms with E-state index in [0.717, 1.165) is 6.42 Å². The Balaban J connectivity index is 0.00000220.